The van der Waals surface area contributed by atoms with Crippen LogP contribution in [0.5, 0.6) is 0 Å². The second-order valence-corrected chi connectivity index (χ2v) is 4.08. The summed E-state index contributed by atoms with van der Waals surface area (Å²) >= 11 is 0. The molecular weight excluding hydrogens is 207 g/mol. The van der Waals surface area contributed by atoms with E-state index in [-0.39, 0.29) is 18.0 Å². The maximum absolute atomic E-state index is 13.0. The van der Waals surface area contributed by atoms with Gasteiger partial charge < -0.3 is 4.74 Å². The van der Waals surface area contributed by atoms with E-state index in [9.17, 15) is 4.39 Å². The summed E-state index contributed by atoms with van der Waals surface area (Å²) < 4.78 is 18.4. The molecule has 3 N–H and O–H groups in total. The summed E-state index contributed by atoms with van der Waals surface area (Å²) in [4.78, 5) is 0. The minimum atomic E-state index is -0.224. The van der Waals surface area contributed by atoms with Crippen LogP contribution in [0.15, 0.2) is 24.3 Å². The van der Waals surface area contributed by atoms with E-state index in [1.807, 2.05) is 19.9 Å². The average Bonchev–Trinajstić information content (AvgIpc) is 2.24. The van der Waals surface area contributed by atoms with Crippen LogP contribution >= 0.6 is 0 Å². The first-order valence-electron chi connectivity index (χ1n) is 5.44. The fourth-order valence-corrected chi connectivity index (χ4v) is 1.42. The molecule has 1 atom stereocenters. The van der Waals surface area contributed by atoms with E-state index in [0.29, 0.717) is 13.0 Å². The molecular formula is C12H19FN2O. The van der Waals surface area contributed by atoms with E-state index in [0.717, 1.165) is 5.56 Å². The fourth-order valence-electron chi connectivity index (χ4n) is 1.42. The van der Waals surface area contributed by atoms with Crippen molar-refractivity contribution in [3.63, 3.8) is 0 Å². The summed E-state index contributed by atoms with van der Waals surface area (Å²) in [5, 5.41) is 0. The number of hydrogen-bond donors (Lipinski definition) is 2. The molecule has 0 bridgehead atoms. The van der Waals surface area contributed by atoms with Crippen molar-refractivity contribution >= 4 is 0 Å². The Morgan fingerprint density at radius 1 is 1.44 bits per heavy atom. The molecule has 0 heterocycles. The van der Waals surface area contributed by atoms with Crippen LogP contribution in [-0.4, -0.2) is 18.8 Å². The molecule has 0 saturated carbocycles. The molecule has 1 aromatic rings. The zero-order valence-electron chi connectivity index (χ0n) is 9.74. The van der Waals surface area contributed by atoms with Crippen LogP contribution in [0, 0.1) is 5.82 Å². The van der Waals surface area contributed by atoms with Crippen LogP contribution in [0.2, 0.25) is 0 Å². The summed E-state index contributed by atoms with van der Waals surface area (Å²) in [6.45, 7) is 4.45. The number of halogens is 1. The number of hydrazine groups is 1. The van der Waals surface area contributed by atoms with Crippen molar-refractivity contribution in [3.05, 3.63) is 35.6 Å². The molecule has 1 unspecified atom stereocenters. The first-order chi connectivity index (χ1) is 7.61. The van der Waals surface area contributed by atoms with Crippen LogP contribution in [0.1, 0.15) is 19.4 Å². The van der Waals surface area contributed by atoms with Crippen molar-refractivity contribution in [2.75, 3.05) is 6.61 Å². The minimum absolute atomic E-state index is 0.00389. The molecule has 0 aliphatic rings. The molecule has 0 aliphatic carbocycles. The van der Waals surface area contributed by atoms with E-state index in [1.54, 1.807) is 6.07 Å². The van der Waals surface area contributed by atoms with Gasteiger partial charge in [0.05, 0.1) is 12.7 Å². The zero-order valence-corrected chi connectivity index (χ0v) is 9.74. The number of ether oxygens (including phenoxy) is 1. The van der Waals surface area contributed by atoms with Gasteiger partial charge in [-0.05, 0) is 38.0 Å². The lowest BCUT2D eigenvalue weighted by Crippen LogP contribution is -2.40. The topological polar surface area (TPSA) is 47.3 Å². The molecule has 0 aromatic heterocycles. The molecule has 4 heteroatoms. The molecule has 0 spiro atoms. The lowest BCUT2D eigenvalue weighted by Gasteiger charge is -2.17. The zero-order chi connectivity index (χ0) is 12.0. The van der Waals surface area contributed by atoms with Gasteiger partial charge in [0.25, 0.3) is 0 Å². The van der Waals surface area contributed by atoms with Crippen molar-refractivity contribution in [1.82, 2.24) is 5.43 Å². The van der Waals surface area contributed by atoms with Gasteiger partial charge in [-0.3, -0.25) is 11.3 Å². The van der Waals surface area contributed by atoms with Gasteiger partial charge in [-0.1, -0.05) is 12.1 Å². The Balaban J connectivity index is 2.49. The largest absolute Gasteiger partial charge is 0.377 e. The van der Waals surface area contributed by atoms with Crippen LogP contribution < -0.4 is 11.3 Å². The lowest BCUT2D eigenvalue weighted by molar-refractivity contribution is 0.0613. The number of rotatable bonds is 6. The predicted octanol–water partition coefficient (Wildman–Crippen LogP) is 1.63. The third-order valence-corrected chi connectivity index (χ3v) is 2.24. The first-order valence-corrected chi connectivity index (χ1v) is 5.44. The molecule has 16 heavy (non-hydrogen) atoms. The monoisotopic (exact) mass is 226 g/mol. The van der Waals surface area contributed by atoms with Gasteiger partial charge in [0.2, 0.25) is 0 Å². The molecule has 0 saturated heterocycles. The maximum atomic E-state index is 13.0. The maximum Gasteiger partial charge on any atom is 0.123 e. The molecule has 1 aromatic carbocycles. The highest BCUT2D eigenvalue weighted by Gasteiger charge is 2.09. The average molecular weight is 226 g/mol. The van der Waals surface area contributed by atoms with Gasteiger partial charge in [-0.25, -0.2) is 4.39 Å². The fraction of sp³-hybridized carbons (Fsp3) is 0.500. The van der Waals surface area contributed by atoms with E-state index >= 15 is 0 Å². The minimum Gasteiger partial charge on any atom is -0.377 e. The van der Waals surface area contributed by atoms with Gasteiger partial charge in [0, 0.05) is 6.04 Å². The van der Waals surface area contributed by atoms with Crippen LogP contribution in [-0.2, 0) is 11.2 Å². The van der Waals surface area contributed by atoms with Crippen LogP contribution in [0.4, 0.5) is 4.39 Å². The standard InChI is InChI=1S/C12H19FN2O/c1-9(2)16-8-12(15-14)7-10-4-3-5-11(13)6-10/h3-6,9,12,15H,7-8,14H2,1-2H3. The van der Waals surface area contributed by atoms with Crippen molar-refractivity contribution < 1.29 is 9.13 Å². The van der Waals surface area contributed by atoms with Crippen molar-refractivity contribution in [2.45, 2.75) is 32.4 Å². The summed E-state index contributed by atoms with van der Waals surface area (Å²) in [7, 11) is 0. The van der Waals surface area contributed by atoms with Gasteiger partial charge in [0.15, 0.2) is 0 Å². The normalized spacial score (nSPS) is 13.1. The molecule has 3 nitrogen and oxygen atoms in total. The van der Waals surface area contributed by atoms with E-state index in [1.165, 1.54) is 12.1 Å². The van der Waals surface area contributed by atoms with E-state index in [4.69, 9.17) is 10.6 Å². The summed E-state index contributed by atoms with van der Waals surface area (Å²) in [5.41, 5.74) is 3.59. The highest BCUT2D eigenvalue weighted by Crippen LogP contribution is 2.07. The Labute approximate surface area is 95.8 Å². The van der Waals surface area contributed by atoms with E-state index in [2.05, 4.69) is 5.43 Å². The highest BCUT2D eigenvalue weighted by molar-refractivity contribution is 5.17. The van der Waals surface area contributed by atoms with Gasteiger partial charge >= 0.3 is 0 Å². The number of benzene rings is 1. The Morgan fingerprint density at radius 3 is 2.75 bits per heavy atom. The Kier molecular flexibility index (Phi) is 5.38. The van der Waals surface area contributed by atoms with Crippen LogP contribution in [0.25, 0.3) is 0 Å². The predicted molar refractivity (Wildman–Crippen MR) is 62.3 cm³/mol. The molecule has 0 radical (unpaired) electrons. The summed E-state index contributed by atoms with van der Waals surface area (Å²) in [6.07, 6.45) is 0.824. The third-order valence-electron chi connectivity index (χ3n) is 2.24. The first kappa shape index (κ1) is 13.1. The molecule has 0 fully saturated rings. The second kappa shape index (κ2) is 6.58. The number of hydrogen-bond acceptors (Lipinski definition) is 3. The second-order valence-electron chi connectivity index (χ2n) is 4.08. The molecule has 90 valence electrons. The Hall–Kier alpha value is -0.970. The van der Waals surface area contributed by atoms with Gasteiger partial charge in [0.1, 0.15) is 5.82 Å². The Morgan fingerprint density at radius 2 is 2.19 bits per heavy atom. The summed E-state index contributed by atoms with van der Waals surface area (Å²) in [5.74, 6) is 5.20. The van der Waals surface area contributed by atoms with Gasteiger partial charge in [-0.2, -0.15) is 0 Å². The Bertz CT molecular complexity index is 318. The SMILES string of the molecule is CC(C)OCC(Cc1cccc(F)c1)NN. The van der Waals surface area contributed by atoms with Crippen molar-refractivity contribution in [2.24, 2.45) is 5.84 Å². The van der Waals surface area contributed by atoms with Crippen LogP contribution in [0.3, 0.4) is 0 Å². The van der Waals surface area contributed by atoms with Gasteiger partial charge in [-0.15, -0.1) is 0 Å². The molecule has 0 aliphatic heterocycles. The summed E-state index contributed by atoms with van der Waals surface area (Å²) in [6, 6.07) is 6.52. The highest BCUT2D eigenvalue weighted by atomic mass is 19.1. The van der Waals surface area contributed by atoms with Crippen molar-refractivity contribution in [1.29, 1.82) is 0 Å². The third kappa shape index (κ3) is 4.70. The molecule has 0 amide bonds. The molecule has 1 rings (SSSR count). The lowest BCUT2D eigenvalue weighted by atomic mass is 10.1. The van der Waals surface area contributed by atoms with E-state index < -0.39 is 0 Å². The smallest absolute Gasteiger partial charge is 0.123 e. The quantitative estimate of drug-likeness (QED) is 0.572. The number of nitrogens with one attached hydrogen (secondary N) is 1. The number of nitrogens with two attached hydrogens (primary N) is 1. The van der Waals surface area contributed by atoms with Crippen molar-refractivity contribution in [3.8, 4) is 0 Å².